The Morgan fingerprint density at radius 2 is 1.80 bits per heavy atom. The third kappa shape index (κ3) is 4.51. The van der Waals surface area contributed by atoms with Crippen molar-refractivity contribution in [3.8, 4) is 22.5 Å². The van der Waals surface area contributed by atoms with E-state index in [2.05, 4.69) is 25.8 Å². The van der Waals surface area contributed by atoms with Crippen molar-refractivity contribution in [1.29, 1.82) is 0 Å². The van der Waals surface area contributed by atoms with Gasteiger partial charge in [0.25, 0.3) is 11.6 Å². The smallest absolute Gasteiger partial charge is 0.259 e. The van der Waals surface area contributed by atoms with Gasteiger partial charge in [0, 0.05) is 29.1 Å². The topological polar surface area (TPSA) is 110 Å². The minimum Gasteiger partial charge on any atom is -0.335 e. The lowest BCUT2D eigenvalue weighted by Gasteiger charge is -2.07. The van der Waals surface area contributed by atoms with Crippen LogP contribution in [0.15, 0.2) is 64.5 Å². The van der Waals surface area contributed by atoms with Gasteiger partial charge >= 0.3 is 0 Å². The first-order chi connectivity index (χ1) is 16.9. The number of pyridine rings is 1. The van der Waals surface area contributed by atoms with E-state index in [0.717, 1.165) is 5.56 Å². The van der Waals surface area contributed by atoms with Crippen LogP contribution in [-0.2, 0) is 4.79 Å². The fourth-order valence-corrected chi connectivity index (χ4v) is 4.36. The summed E-state index contributed by atoms with van der Waals surface area (Å²) in [4.78, 5) is 33.3. The quantitative estimate of drug-likeness (QED) is 0.330. The molecular weight excluding hydrogens is 469 g/mol. The molecule has 0 aliphatic rings. The van der Waals surface area contributed by atoms with Gasteiger partial charge in [0.2, 0.25) is 5.91 Å². The predicted molar refractivity (Wildman–Crippen MR) is 132 cm³/mol. The van der Waals surface area contributed by atoms with Crippen LogP contribution >= 0.6 is 11.3 Å². The van der Waals surface area contributed by atoms with Gasteiger partial charge in [-0.25, -0.2) is 14.4 Å². The number of nitrogens with one attached hydrogen (secondary N) is 2. The average molecular weight is 488 g/mol. The largest absolute Gasteiger partial charge is 0.335 e. The molecule has 174 valence electrons. The van der Waals surface area contributed by atoms with E-state index in [9.17, 15) is 14.0 Å². The SMILES string of the molecule is CC(=O)Nc1ccc(-c2csc(NC(=O)c3cc(-c4ccccc4)nc4onc(C)c34)n2)c(F)c1. The van der Waals surface area contributed by atoms with Gasteiger partial charge < -0.3 is 9.84 Å². The Labute approximate surface area is 202 Å². The van der Waals surface area contributed by atoms with Crippen molar-refractivity contribution in [1.82, 2.24) is 15.1 Å². The molecule has 3 heterocycles. The molecule has 0 aliphatic carbocycles. The van der Waals surface area contributed by atoms with Crippen molar-refractivity contribution < 1.29 is 18.5 Å². The Balaban J connectivity index is 1.45. The van der Waals surface area contributed by atoms with Gasteiger partial charge in [-0.2, -0.15) is 0 Å². The van der Waals surface area contributed by atoms with E-state index in [0.29, 0.717) is 38.9 Å². The van der Waals surface area contributed by atoms with Gasteiger partial charge in [0.1, 0.15) is 5.82 Å². The van der Waals surface area contributed by atoms with Crippen molar-refractivity contribution in [2.75, 3.05) is 10.6 Å². The van der Waals surface area contributed by atoms with E-state index >= 15 is 0 Å². The summed E-state index contributed by atoms with van der Waals surface area (Å²) in [5.74, 6) is -1.24. The van der Waals surface area contributed by atoms with Crippen LogP contribution in [0.5, 0.6) is 0 Å². The van der Waals surface area contributed by atoms with Crippen LogP contribution in [-0.4, -0.2) is 26.9 Å². The van der Waals surface area contributed by atoms with Gasteiger partial charge in [0.15, 0.2) is 5.13 Å². The zero-order chi connectivity index (χ0) is 24.5. The molecular formula is C25H18FN5O3S. The van der Waals surface area contributed by atoms with Gasteiger partial charge in [-0.1, -0.05) is 35.5 Å². The lowest BCUT2D eigenvalue weighted by Crippen LogP contribution is -2.13. The van der Waals surface area contributed by atoms with Gasteiger partial charge in [-0.15, -0.1) is 11.3 Å². The number of rotatable bonds is 5. The number of carbonyl (C=O) groups excluding carboxylic acids is 2. The maximum Gasteiger partial charge on any atom is 0.259 e. The van der Waals surface area contributed by atoms with Crippen LogP contribution in [0.2, 0.25) is 0 Å². The summed E-state index contributed by atoms with van der Waals surface area (Å²) in [6.07, 6.45) is 0. The summed E-state index contributed by atoms with van der Waals surface area (Å²) in [6.45, 7) is 3.09. The Bertz CT molecular complexity index is 1580. The lowest BCUT2D eigenvalue weighted by atomic mass is 10.1. The molecule has 8 nitrogen and oxygen atoms in total. The van der Waals surface area contributed by atoms with Gasteiger partial charge in [0.05, 0.1) is 28.0 Å². The first-order valence-corrected chi connectivity index (χ1v) is 11.4. The number of anilines is 2. The molecule has 3 aromatic heterocycles. The zero-order valence-corrected chi connectivity index (χ0v) is 19.4. The highest BCUT2D eigenvalue weighted by Gasteiger charge is 2.21. The standard InChI is InChI=1S/C25H18FN5O3S/c1-13-22-18(11-20(28-24(22)34-31-13)15-6-4-3-5-7-15)23(33)30-25-29-21(12-35-25)17-9-8-16(10-19(17)26)27-14(2)32/h3-12H,1-2H3,(H,27,32)(H,29,30,33). The van der Waals surface area contributed by atoms with E-state index in [4.69, 9.17) is 4.52 Å². The van der Waals surface area contributed by atoms with E-state index < -0.39 is 11.7 Å². The molecule has 0 aliphatic heterocycles. The van der Waals surface area contributed by atoms with Crippen LogP contribution in [0, 0.1) is 12.7 Å². The minimum atomic E-state index is -0.539. The van der Waals surface area contributed by atoms with Crippen molar-refractivity contribution >= 4 is 45.1 Å². The van der Waals surface area contributed by atoms with Crippen LogP contribution in [0.4, 0.5) is 15.2 Å². The number of hydrogen-bond acceptors (Lipinski definition) is 7. The lowest BCUT2D eigenvalue weighted by molar-refractivity contribution is -0.114. The zero-order valence-electron chi connectivity index (χ0n) is 18.6. The molecule has 0 saturated carbocycles. The molecule has 35 heavy (non-hydrogen) atoms. The Hall–Kier alpha value is -4.44. The highest BCUT2D eigenvalue weighted by atomic mass is 32.1. The predicted octanol–water partition coefficient (Wildman–Crippen LogP) is 5.67. The number of carbonyl (C=O) groups is 2. The third-order valence-corrected chi connectivity index (χ3v) is 5.98. The average Bonchev–Trinajstić information content (AvgIpc) is 3.45. The Kier molecular flexibility index (Phi) is 5.79. The van der Waals surface area contributed by atoms with Crippen LogP contribution < -0.4 is 10.6 Å². The fraction of sp³-hybridized carbons (Fsp3) is 0.0800. The van der Waals surface area contributed by atoms with E-state index in [-0.39, 0.29) is 17.2 Å². The first kappa shape index (κ1) is 22.4. The Morgan fingerprint density at radius 1 is 1.00 bits per heavy atom. The fourth-order valence-electron chi connectivity index (χ4n) is 3.65. The minimum absolute atomic E-state index is 0.253. The highest BCUT2D eigenvalue weighted by molar-refractivity contribution is 7.14. The second-order valence-electron chi connectivity index (χ2n) is 7.74. The van der Waals surface area contributed by atoms with E-state index in [1.54, 1.807) is 24.4 Å². The molecule has 0 unspecified atom stereocenters. The maximum absolute atomic E-state index is 14.6. The van der Waals surface area contributed by atoms with Crippen molar-refractivity contribution in [3.05, 3.63) is 77.1 Å². The monoisotopic (exact) mass is 487 g/mol. The summed E-state index contributed by atoms with van der Waals surface area (Å²) >= 11 is 1.17. The summed E-state index contributed by atoms with van der Waals surface area (Å²) in [5.41, 5.74) is 3.51. The molecule has 5 rings (SSSR count). The maximum atomic E-state index is 14.6. The highest BCUT2D eigenvalue weighted by Crippen LogP contribution is 2.31. The Morgan fingerprint density at radius 3 is 2.54 bits per heavy atom. The number of aromatic nitrogens is 3. The van der Waals surface area contributed by atoms with Crippen molar-refractivity contribution in [2.24, 2.45) is 0 Å². The number of hydrogen-bond donors (Lipinski definition) is 2. The molecule has 2 amide bonds. The number of fused-ring (bicyclic) bond motifs is 1. The molecule has 0 saturated heterocycles. The molecule has 0 atom stereocenters. The molecule has 10 heteroatoms. The molecule has 0 bridgehead atoms. The molecule has 5 aromatic rings. The van der Waals surface area contributed by atoms with Crippen LogP contribution in [0.25, 0.3) is 33.6 Å². The van der Waals surface area contributed by atoms with E-state index in [1.807, 2.05) is 30.3 Å². The van der Waals surface area contributed by atoms with E-state index in [1.165, 1.54) is 30.4 Å². The van der Waals surface area contributed by atoms with Crippen LogP contribution in [0.3, 0.4) is 0 Å². The summed E-state index contributed by atoms with van der Waals surface area (Å²) in [6, 6.07) is 15.5. The summed E-state index contributed by atoms with van der Waals surface area (Å²) < 4.78 is 20.0. The number of benzene rings is 2. The molecule has 0 spiro atoms. The second-order valence-corrected chi connectivity index (χ2v) is 8.60. The van der Waals surface area contributed by atoms with Crippen molar-refractivity contribution in [2.45, 2.75) is 13.8 Å². The normalized spacial score (nSPS) is 10.9. The molecule has 0 fully saturated rings. The number of thiazole rings is 1. The summed E-state index contributed by atoms with van der Waals surface area (Å²) in [7, 11) is 0. The van der Waals surface area contributed by atoms with Crippen molar-refractivity contribution in [3.63, 3.8) is 0 Å². The second kappa shape index (κ2) is 9.07. The summed E-state index contributed by atoms with van der Waals surface area (Å²) in [5, 5.41) is 11.7. The molecule has 2 N–H and O–H groups in total. The molecule has 2 aromatic carbocycles. The molecule has 0 radical (unpaired) electrons. The number of amides is 2. The van der Waals surface area contributed by atoms with Crippen LogP contribution in [0.1, 0.15) is 23.0 Å². The van der Waals surface area contributed by atoms with Gasteiger partial charge in [-0.3, -0.25) is 14.9 Å². The third-order valence-electron chi connectivity index (χ3n) is 5.22. The number of halogens is 1. The first-order valence-electron chi connectivity index (χ1n) is 10.6. The number of aryl methyl sites for hydroxylation is 1. The number of nitrogens with zero attached hydrogens (tertiary/aromatic N) is 3. The van der Waals surface area contributed by atoms with Gasteiger partial charge in [-0.05, 0) is 31.2 Å².